The Morgan fingerprint density at radius 3 is 2.64 bits per heavy atom. The molecule has 0 spiro atoms. The van der Waals surface area contributed by atoms with E-state index in [9.17, 15) is 4.79 Å². The summed E-state index contributed by atoms with van der Waals surface area (Å²) in [5.74, 6) is 0.307. The first kappa shape index (κ1) is 20.9. The van der Waals surface area contributed by atoms with E-state index in [1.165, 1.54) is 23.1 Å². The van der Waals surface area contributed by atoms with E-state index in [2.05, 4.69) is 77.4 Å². The fraction of sp³-hybridized carbons (Fsp3) is 0.458. The molecule has 1 amide bonds. The van der Waals surface area contributed by atoms with E-state index in [4.69, 9.17) is 0 Å². The monoisotopic (exact) mass is 396 g/mol. The number of nitrogens with zero attached hydrogens (tertiary/aromatic N) is 1. The molecule has 28 heavy (non-hydrogen) atoms. The molecule has 150 valence electrons. The van der Waals surface area contributed by atoms with Gasteiger partial charge in [-0.2, -0.15) is 0 Å². The van der Waals surface area contributed by atoms with Gasteiger partial charge in [-0.05, 0) is 48.6 Å². The van der Waals surface area contributed by atoms with Gasteiger partial charge in [0, 0.05) is 19.0 Å². The average molecular weight is 397 g/mol. The van der Waals surface area contributed by atoms with Crippen molar-refractivity contribution in [2.75, 3.05) is 12.8 Å². The van der Waals surface area contributed by atoms with Crippen molar-refractivity contribution in [3.05, 3.63) is 60.2 Å². The molecular weight excluding hydrogens is 364 g/mol. The second-order valence-corrected chi connectivity index (χ2v) is 8.24. The molecule has 1 aliphatic heterocycles. The zero-order valence-corrected chi connectivity index (χ0v) is 17.9. The molecule has 0 aromatic heterocycles. The maximum atomic E-state index is 12.9. The van der Waals surface area contributed by atoms with Crippen LogP contribution >= 0.6 is 11.9 Å². The normalized spacial score (nSPS) is 20.0. The Hall–Kier alpha value is -1.78. The minimum Gasteiger partial charge on any atom is -0.338 e. The summed E-state index contributed by atoms with van der Waals surface area (Å²) in [6, 6.07) is 19.9. The highest BCUT2D eigenvalue weighted by Crippen LogP contribution is 2.26. The number of carbonyl (C=O) groups is 1. The summed E-state index contributed by atoms with van der Waals surface area (Å²) in [6.07, 6.45) is 7.93. The van der Waals surface area contributed by atoms with Gasteiger partial charge in [-0.3, -0.25) is 9.52 Å². The summed E-state index contributed by atoms with van der Waals surface area (Å²) in [5.41, 5.74) is 3.78. The van der Waals surface area contributed by atoms with Crippen molar-refractivity contribution in [2.24, 2.45) is 0 Å². The van der Waals surface area contributed by atoms with E-state index in [1.807, 2.05) is 0 Å². The van der Waals surface area contributed by atoms with E-state index in [0.29, 0.717) is 18.4 Å². The summed E-state index contributed by atoms with van der Waals surface area (Å²) in [4.78, 5) is 15.0. The molecule has 3 rings (SSSR count). The van der Waals surface area contributed by atoms with Crippen LogP contribution in [0.25, 0.3) is 11.1 Å². The molecule has 0 radical (unpaired) electrons. The van der Waals surface area contributed by atoms with Crippen LogP contribution in [0.4, 0.5) is 0 Å². The zero-order chi connectivity index (χ0) is 19.8. The number of amides is 1. The van der Waals surface area contributed by atoms with Crippen LogP contribution in [0.5, 0.6) is 0 Å². The van der Waals surface area contributed by atoms with Gasteiger partial charge in [0.1, 0.15) is 0 Å². The minimum absolute atomic E-state index is 0.208. The van der Waals surface area contributed by atoms with Gasteiger partial charge in [-0.1, -0.05) is 79.9 Å². The van der Waals surface area contributed by atoms with Gasteiger partial charge in [-0.25, -0.2) is 0 Å². The predicted octanol–water partition coefficient (Wildman–Crippen LogP) is 5.31. The predicted molar refractivity (Wildman–Crippen MR) is 120 cm³/mol. The molecule has 1 aliphatic rings. The maximum Gasteiger partial charge on any atom is 0.222 e. The fourth-order valence-electron chi connectivity index (χ4n) is 4.18. The second-order valence-electron chi connectivity index (χ2n) is 7.60. The number of hydrogen-bond acceptors (Lipinski definition) is 3. The van der Waals surface area contributed by atoms with Crippen molar-refractivity contribution >= 4 is 17.9 Å². The Balaban J connectivity index is 1.87. The molecule has 2 atom stereocenters. The summed E-state index contributed by atoms with van der Waals surface area (Å²) in [5, 5.41) is 0. The minimum atomic E-state index is 0.208. The van der Waals surface area contributed by atoms with Crippen LogP contribution in [0.2, 0.25) is 0 Å². The number of benzene rings is 2. The molecule has 2 aromatic rings. The summed E-state index contributed by atoms with van der Waals surface area (Å²) >= 11 is 1.67. The van der Waals surface area contributed by atoms with Crippen LogP contribution in [-0.2, 0) is 11.2 Å². The van der Waals surface area contributed by atoms with Crippen LogP contribution < -0.4 is 4.72 Å². The van der Waals surface area contributed by atoms with Crippen molar-refractivity contribution in [1.29, 1.82) is 0 Å². The van der Waals surface area contributed by atoms with E-state index >= 15 is 0 Å². The van der Waals surface area contributed by atoms with Crippen molar-refractivity contribution in [1.82, 2.24) is 9.62 Å². The summed E-state index contributed by atoms with van der Waals surface area (Å²) < 4.78 is 3.59. The van der Waals surface area contributed by atoms with Gasteiger partial charge in [0.2, 0.25) is 5.91 Å². The second kappa shape index (κ2) is 10.7. The molecule has 1 N–H and O–H groups in total. The van der Waals surface area contributed by atoms with Gasteiger partial charge in [0.15, 0.2) is 0 Å². The van der Waals surface area contributed by atoms with Crippen LogP contribution in [0.15, 0.2) is 54.6 Å². The summed E-state index contributed by atoms with van der Waals surface area (Å²) in [6.45, 7) is 2.97. The Kier molecular flexibility index (Phi) is 7.99. The number of hydrogen-bond donors (Lipinski definition) is 1. The van der Waals surface area contributed by atoms with Crippen molar-refractivity contribution in [3.63, 3.8) is 0 Å². The largest absolute Gasteiger partial charge is 0.338 e. The van der Waals surface area contributed by atoms with Crippen LogP contribution in [0, 0.1) is 0 Å². The Morgan fingerprint density at radius 2 is 1.89 bits per heavy atom. The topological polar surface area (TPSA) is 32.3 Å². The molecule has 0 aliphatic carbocycles. The Bertz CT molecular complexity index is 749. The molecule has 2 unspecified atom stereocenters. The molecule has 1 heterocycles. The molecular formula is C24H32N2OS. The number of nitrogens with one attached hydrogen (secondary N) is 1. The van der Waals surface area contributed by atoms with Gasteiger partial charge in [-0.15, -0.1) is 0 Å². The molecule has 0 saturated carbocycles. The van der Waals surface area contributed by atoms with Crippen molar-refractivity contribution < 1.29 is 4.79 Å². The first-order chi connectivity index (χ1) is 13.7. The molecule has 3 nitrogen and oxygen atoms in total. The third-order valence-electron chi connectivity index (χ3n) is 5.56. The lowest BCUT2D eigenvalue weighted by Crippen LogP contribution is -2.51. The molecule has 1 saturated heterocycles. The lowest BCUT2D eigenvalue weighted by Gasteiger charge is -2.35. The quantitative estimate of drug-likeness (QED) is 0.644. The molecule has 4 heteroatoms. The molecule has 1 fully saturated rings. The van der Waals surface area contributed by atoms with Crippen molar-refractivity contribution in [3.8, 4) is 11.1 Å². The van der Waals surface area contributed by atoms with Gasteiger partial charge >= 0.3 is 0 Å². The highest BCUT2D eigenvalue weighted by Gasteiger charge is 2.32. The Labute approximate surface area is 174 Å². The van der Waals surface area contributed by atoms with Crippen molar-refractivity contribution in [2.45, 2.75) is 57.5 Å². The summed E-state index contributed by atoms with van der Waals surface area (Å²) in [7, 11) is 0. The lowest BCUT2D eigenvalue weighted by molar-refractivity contribution is -0.133. The van der Waals surface area contributed by atoms with Crippen LogP contribution in [0.3, 0.4) is 0 Å². The standard InChI is InChI=1S/C24H32N2OS/c1-3-10-24(27)26-16-8-7-15-22(25-28-2)23(26)18-19-11-9-14-21(17-19)20-12-5-4-6-13-20/h4-6,9,11-14,17,22-23,25H,3,7-8,10,15-16,18H2,1-2H3. The smallest absolute Gasteiger partial charge is 0.222 e. The fourth-order valence-corrected chi connectivity index (χ4v) is 4.76. The van der Waals surface area contributed by atoms with Crippen LogP contribution in [0.1, 0.15) is 44.6 Å². The van der Waals surface area contributed by atoms with Crippen LogP contribution in [-0.4, -0.2) is 35.7 Å². The third-order valence-corrected chi connectivity index (χ3v) is 6.10. The van der Waals surface area contributed by atoms with Gasteiger partial charge < -0.3 is 4.90 Å². The lowest BCUT2D eigenvalue weighted by atomic mass is 9.94. The SMILES string of the molecule is CCCC(=O)N1CCCCC(NSC)C1Cc1cccc(-c2ccccc2)c1. The average Bonchev–Trinajstić information content (AvgIpc) is 2.92. The van der Waals surface area contributed by atoms with E-state index in [-0.39, 0.29) is 6.04 Å². The van der Waals surface area contributed by atoms with E-state index in [1.54, 1.807) is 11.9 Å². The number of likely N-dealkylation sites (tertiary alicyclic amines) is 1. The first-order valence-electron chi connectivity index (χ1n) is 10.4. The van der Waals surface area contributed by atoms with E-state index in [0.717, 1.165) is 32.2 Å². The van der Waals surface area contributed by atoms with Gasteiger partial charge in [0.05, 0.1) is 6.04 Å². The molecule has 2 aromatic carbocycles. The van der Waals surface area contributed by atoms with E-state index < -0.39 is 0 Å². The van der Waals surface area contributed by atoms with Gasteiger partial charge in [0.25, 0.3) is 0 Å². The number of carbonyl (C=O) groups excluding carboxylic acids is 1. The molecule has 0 bridgehead atoms. The number of rotatable bonds is 7. The highest BCUT2D eigenvalue weighted by atomic mass is 32.2. The highest BCUT2D eigenvalue weighted by molar-refractivity contribution is 7.96. The Morgan fingerprint density at radius 1 is 1.11 bits per heavy atom. The zero-order valence-electron chi connectivity index (χ0n) is 17.1. The first-order valence-corrected chi connectivity index (χ1v) is 11.7. The third kappa shape index (κ3) is 5.39. The maximum absolute atomic E-state index is 12.9.